The van der Waals surface area contributed by atoms with Crippen LogP contribution in [0.3, 0.4) is 0 Å². The quantitative estimate of drug-likeness (QED) is 0.235. The molecular weight excluding hydrogens is 425 g/mol. The molecule has 0 unspecified atom stereocenters. The number of carbonyl (C=O) groups excluding carboxylic acids is 1. The molecule has 0 aliphatic rings. The van der Waals surface area contributed by atoms with Crippen LogP contribution in [0, 0.1) is 27.7 Å². The Labute approximate surface area is 190 Å². The molecule has 0 bridgehead atoms. The second-order valence-corrected chi connectivity index (χ2v) is 8.38. The molecule has 5 heteroatoms. The second-order valence-electron chi connectivity index (χ2n) is 8.38. The van der Waals surface area contributed by atoms with E-state index in [1.165, 1.54) is 36.8 Å². The predicted octanol–water partition coefficient (Wildman–Crippen LogP) is 7.98. The summed E-state index contributed by atoms with van der Waals surface area (Å²) in [6.45, 7) is 7.60. The molecule has 0 saturated carbocycles. The summed E-state index contributed by atoms with van der Waals surface area (Å²) in [6, 6.07) is 18.6. The molecule has 0 aliphatic heterocycles. The van der Waals surface area contributed by atoms with Crippen LogP contribution in [-0.2, 0) is 6.18 Å². The van der Waals surface area contributed by atoms with Crippen molar-refractivity contribution in [1.29, 1.82) is 0 Å². The van der Waals surface area contributed by atoms with Gasteiger partial charge in [0.15, 0.2) is 0 Å². The van der Waals surface area contributed by atoms with Crippen molar-refractivity contribution < 1.29 is 22.7 Å². The van der Waals surface area contributed by atoms with Crippen molar-refractivity contribution in [2.24, 2.45) is 0 Å². The molecule has 168 valence electrons. The third-order valence-corrected chi connectivity index (χ3v) is 5.78. The van der Waals surface area contributed by atoms with E-state index in [-0.39, 0.29) is 16.7 Å². The highest BCUT2D eigenvalue weighted by atomic mass is 19.4. The summed E-state index contributed by atoms with van der Waals surface area (Å²) in [4.78, 5) is 12.7. The van der Waals surface area contributed by atoms with E-state index < -0.39 is 17.7 Å². The van der Waals surface area contributed by atoms with Gasteiger partial charge < -0.3 is 4.74 Å². The molecule has 0 saturated heterocycles. The zero-order valence-electron chi connectivity index (χ0n) is 18.8. The van der Waals surface area contributed by atoms with Crippen LogP contribution >= 0.6 is 0 Å². The molecule has 0 spiro atoms. The van der Waals surface area contributed by atoms with Crippen molar-refractivity contribution >= 4 is 16.7 Å². The third kappa shape index (κ3) is 4.49. The lowest BCUT2D eigenvalue weighted by molar-refractivity contribution is -0.136. The summed E-state index contributed by atoms with van der Waals surface area (Å²) in [6.07, 6.45) is -4.46. The minimum atomic E-state index is -4.46. The molecular formula is C28H23F3O2. The van der Waals surface area contributed by atoms with Crippen LogP contribution in [0.5, 0.6) is 5.75 Å². The number of rotatable bonds is 3. The average molecular weight is 448 g/mol. The Kier molecular flexibility index (Phi) is 5.75. The lowest BCUT2D eigenvalue weighted by Crippen LogP contribution is -2.10. The first-order valence-corrected chi connectivity index (χ1v) is 10.6. The molecule has 0 amide bonds. The van der Waals surface area contributed by atoms with E-state index >= 15 is 0 Å². The van der Waals surface area contributed by atoms with E-state index in [2.05, 4.69) is 32.9 Å². The van der Waals surface area contributed by atoms with Gasteiger partial charge in [0.05, 0.1) is 11.1 Å². The summed E-state index contributed by atoms with van der Waals surface area (Å²) >= 11 is 0. The Morgan fingerprint density at radius 2 is 1.39 bits per heavy atom. The van der Waals surface area contributed by atoms with Crippen LogP contribution in [0.4, 0.5) is 13.2 Å². The van der Waals surface area contributed by atoms with Crippen molar-refractivity contribution in [3.63, 3.8) is 0 Å². The SMILES string of the molecule is Cc1cc(C)c(-c2ccc(C(=O)Oc3ccc4c(C(F)(F)F)c(C)ccc4c3)cc2)c(C)c1. The normalized spacial score (nSPS) is 11.6. The Morgan fingerprint density at radius 1 is 0.758 bits per heavy atom. The van der Waals surface area contributed by atoms with E-state index in [0.717, 1.165) is 22.3 Å². The Bertz CT molecular complexity index is 1340. The fraction of sp³-hybridized carbons (Fsp3) is 0.179. The van der Waals surface area contributed by atoms with Gasteiger partial charge in [-0.1, -0.05) is 48.0 Å². The Balaban J connectivity index is 1.59. The summed E-state index contributed by atoms with van der Waals surface area (Å²) in [5.41, 5.74) is 5.49. The van der Waals surface area contributed by atoms with Gasteiger partial charge in [0, 0.05) is 0 Å². The van der Waals surface area contributed by atoms with Gasteiger partial charge in [-0.15, -0.1) is 0 Å². The third-order valence-electron chi connectivity index (χ3n) is 5.78. The van der Waals surface area contributed by atoms with Gasteiger partial charge in [0.1, 0.15) is 5.75 Å². The van der Waals surface area contributed by atoms with Crippen molar-refractivity contribution in [2.45, 2.75) is 33.9 Å². The fourth-order valence-electron chi connectivity index (χ4n) is 4.43. The lowest BCUT2D eigenvalue weighted by atomic mass is 9.93. The molecule has 4 aromatic carbocycles. The predicted molar refractivity (Wildman–Crippen MR) is 125 cm³/mol. The number of aryl methyl sites for hydroxylation is 4. The number of halogens is 3. The van der Waals surface area contributed by atoms with Gasteiger partial charge >= 0.3 is 12.1 Å². The molecule has 0 heterocycles. The number of alkyl halides is 3. The number of benzene rings is 4. The number of ether oxygens (including phenoxy) is 1. The average Bonchev–Trinajstić information content (AvgIpc) is 2.72. The number of hydrogen-bond donors (Lipinski definition) is 0. The lowest BCUT2D eigenvalue weighted by Gasteiger charge is -2.14. The minimum Gasteiger partial charge on any atom is -0.423 e. The molecule has 4 rings (SSSR count). The fourth-order valence-corrected chi connectivity index (χ4v) is 4.43. The first-order chi connectivity index (χ1) is 15.5. The van der Waals surface area contributed by atoms with E-state index in [1.807, 2.05) is 12.1 Å². The van der Waals surface area contributed by atoms with E-state index in [9.17, 15) is 18.0 Å². The molecule has 2 nitrogen and oxygen atoms in total. The molecule has 0 radical (unpaired) electrons. The Morgan fingerprint density at radius 3 is 2.00 bits per heavy atom. The summed E-state index contributed by atoms with van der Waals surface area (Å²) in [5, 5.41) is 0.439. The molecule has 33 heavy (non-hydrogen) atoms. The highest BCUT2D eigenvalue weighted by molar-refractivity contribution is 5.93. The zero-order valence-corrected chi connectivity index (χ0v) is 18.8. The smallest absolute Gasteiger partial charge is 0.417 e. The largest absolute Gasteiger partial charge is 0.423 e. The zero-order chi connectivity index (χ0) is 23.9. The van der Waals surface area contributed by atoms with Gasteiger partial charge in [-0.3, -0.25) is 0 Å². The maximum absolute atomic E-state index is 13.5. The van der Waals surface area contributed by atoms with E-state index in [1.54, 1.807) is 18.2 Å². The Hall–Kier alpha value is -3.60. The standard InChI is InChI=1S/C28H23F3O2/c1-16-13-18(3)25(19(4)14-16)20-7-9-21(10-8-20)27(32)33-23-11-12-24-22(15-23)6-5-17(2)26(24)28(29,30)31/h5-15H,1-4H3. The van der Waals surface area contributed by atoms with E-state index in [0.29, 0.717) is 10.9 Å². The number of hydrogen-bond acceptors (Lipinski definition) is 2. The van der Waals surface area contributed by atoms with Gasteiger partial charge in [-0.05, 0) is 90.6 Å². The van der Waals surface area contributed by atoms with Gasteiger partial charge in [-0.2, -0.15) is 13.2 Å². The molecule has 0 fully saturated rings. The molecule has 0 aliphatic carbocycles. The minimum absolute atomic E-state index is 0.0792. The maximum Gasteiger partial charge on any atom is 0.417 e. The number of carbonyl (C=O) groups is 1. The summed E-state index contributed by atoms with van der Waals surface area (Å²) < 4.78 is 45.8. The van der Waals surface area contributed by atoms with Crippen molar-refractivity contribution in [3.05, 3.63) is 100 Å². The van der Waals surface area contributed by atoms with Gasteiger partial charge in [0.25, 0.3) is 0 Å². The molecule has 0 atom stereocenters. The maximum atomic E-state index is 13.5. The first kappa shape index (κ1) is 22.6. The van der Waals surface area contributed by atoms with Crippen LogP contribution < -0.4 is 4.74 Å². The molecule has 0 N–H and O–H groups in total. The van der Waals surface area contributed by atoms with Crippen LogP contribution in [-0.4, -0.2) is 5.97 Å². The first-order valence-electron chi connectivity index (χ1n) is 10.6. The van der Waals surface area contributed by atoms with Crippen molar-refractivity contribution in [3.8, 4) is 16.9 Å². The number of esters is 1. The number of fused-ring (bicyclic) bond motifs is 1. The highest BCUT2D eigenvalue weighted by Gasteiger charge is 2.34. The monoisotopic (exact) mass is 448 g/mol. The van der Waals surface area contributed by atoms with Crippen LogP contribution in [0.25, 0.3) is 21.9 Å². The van der Waals surface area contributed by atoms with Crippen molar-refractivity contribution in [2.75, 3.05) is 0 Å². The summed E-state index contributed by atoms with van der Waals surface area (Å²) in [7, 11) is 0. The van der Waals surface area contributed by atoms with E-state index in [4.69, 9.17) is 4.74 Å². The van der Waals surface area contributed by atoms with Gasteiger partial charge in [-0.25, -0.2) is 4.79 Å². The van der Waals surface area contributed by atoms with Crippen molar-refractivity contribution in [1.82, 2.24) is 0 Å². The van der Waals surface area contributed by atoms with Crippen LogP contribution in [0.15, 0.2) is 66.7 Å². The van der Waals surface area contributed by atoms with Gasteiger partial charge in [0.2, 0.25) is 0 Å². The van der Waals surface area contributed by atoms with Crippen LogP contribution in [0.2, 0.25) is 0 Å². The topological polar surface area (TPSA) is 26.3 Å². The molecule has 0 aromatic heterocycles. The van der Waals surface area contributed by atoms with Crippen LogP contribution in [0.1, 0.15) is 38.2 Å². The molecule has 4 aromatic rings. The summed E-state index contributed by atoms with van der Waals surface area (Å²) in [5.74, 6) is -0.375. The highest BCUT2D eigenvalue weighted by Crippen LogP contribution is 2.38. The second kappa shape index (κ2) is 8.39.